The van der Waals surface area contributed by atoms with Crippen LogP contribution < -0.4 is 26.3 Å². The standard InChI is InChI=1S/C38H42N6O13/c1-16-8-19-29(32(50)20(16)12-43-37(40)41-2)33(51)30-23(10-22(55-3)21(14-45)28(30)31(19)49)56-36-34(52)35(53)38(54,24(15-46)57-36)11-18(17-6-7-42-25(39)9-17)13-44-26(47)4-5-27(44)48/h4-10,18,24,34-36,45-46,50,52-54H,11-15H2,1-3H3,(H2,39,42)(H3,40,41,43). The number of aliphatic imine (C=N–C) groups is 1. The molecule has 0 bridgehead atoms. The van der Waals surface area contributed by atoms with Crippen molar-refractivity contribution in [3.05, 3.63) is 87.1 Å². The minimum absolute atomic E-state index is 0.0441. The molecule has 1 aromatic heterocycles. The number of nitrogens with zero attached hydrogens (tertiary/aromatic N) is 3. The third kappa shape index (κ3) is 7.16. The molecule has 19 nitrogen and oxygen atoms in total. The normalized spacial score (nSPS) is 23.7. The largest absolute Gasteiger partial charge is 0.507 e. The summed E-state index contributed by atoms with van der Waals surface area (Å²) in [5.74, 6) is -4.85. The van der Waals surface area contributed by atoms with Gasteiger partial charge in [0, 0.05) is 72.7 Å². The van der Waals surface area contributed by atoms with E-state index in [0.717, 1.165) is 23.1 Å². The molecule has 6 rings (SSSR count). The fourth-order valence-electron chi connectivity index (χ4n) is 7.48. The number of fused-ring (bicyclic) bond motifs is 2. The van der Waals surface area contributed by atoms with Gasteiger partial charge < -0.3 is 61.6 Å². The number of nitrogens with two attached hydrogens (primary N) is 2. The molecule has 0 radical (unpaired) electrons. The number of nitrogens with one attached hydrogen (secondary N) is 1. The van der Waals surface area contributed by atoms with Gasteiger partial charge in [0.1, 0.15) is 47.0 Å². The van der Waals surface area contributed by atoms with Gasteiger partial charge >= 0.3 is 0 Å². The summed E-state index contributed by atoms with van der Waals surface area (Å²) in [5.41, 5.74) is 8.83. The molecule has 57 heavy (non-hydrogen) atoms. The number of ether oxygens (including phenoxy) is 3. The van der Waals surface area contributed by atoms with Gasteiger partial charge in [-0.25, -0.2) is 4.98 Å². The molecule has 1 fully saturated rings. The number of aryl methyl sites for hydroxylation is 1. The van der Waals surface area contributed by atoms with Crippen LogP contribution in [0.25, 0.3) is 0 Å². The van der Waals surface area contributed by atoms with Crippen molar-refractivity contribution < 1.29 is 64.0 Å². The SMILES string of the molecule is CN=C(N)NCc1c(C)cc2c(c1O)C(=O)c1c(OC3OC(CO)C(O)(CC(CN4C(=O)C=CC4=O)c4ccnc(N)c4)C(O)C3O)cc(OC)c(CO)c1C2=O. The number of carbonyl (C=O) groups is 4. The lowest BCUT2D eigenvalue weighted by molar-refractivity contribution is -0.315. The first kappa shape index (κ1) is 40.7. The fraction of sp³-hybridized carbons (Fsp3) is 0.368. The second-order valence-corrected chi connectivity index (χ2v) is 13.8. The Morgan fingerprint density at radius 3 is 2.37 bits per heavy atom. The molecular formula is C38H42N6O13. The van der Waals surface area contributed by atoms with E-state index in [-0.39, 0.29) is 58.4 Å². The molecule has 2 aliphatic heterocycles. The van der Waals surface area contributed by atoms with Crippen molar-refractivity contribution in [1.82, 2.24) is 15.2 Å². The smallest absolute Gasteiger partial charge is 0.253 e. The van der Waals surface area contributed by atoms with E-state index in [9.17, 15) is 49.8 Å². The lowest BCUT2D eigenvalue weighted by Gasteiger charge is -2.49. The lowest BCUT2D eigenvalue weighted by atomic mass is 9.75. The zero-order valence-electron chi connectivity index (χ0n) is 31.0. The second kappa shape index (κ2) is 15.9. The Morgan fingerprint density at radius 1 is 1.05 bits per heavy atom. The van der Waals surface area contributed by atoms with Crippen LogP contribution in [0.1, 0.15) is 66.4 Å². The fourth-order valence-corrected chi connectivity index (χ4v) is 7.48. The van der Waals surface area contributed by atoms with Crippen LogP contribution in [0, 0.1) is 6.92 Å². The maximum absolute atomic E-state index is 14.4. The number of aliphatic hydroxyl groups is 5. The van der Waals surface area contributed by atoms with Crippen molar-refractivity contribution in [3.8, 4) is 17.2 Å². The van der Waals surface area contributed by atoms with E-state index in [1.54, 1.807) is 6.92 Å². The molecule has 3 heterocycles. The van der Waals surface area contributed by atoms with Crippen LogP contribution in [0.5, 0.6) is 17.2 Å². The number of pyridine rings is 1. The van der Waals surface area contributed by atoms with Gasteiger partial charge in [-0.1, -0.05) is 0 Å². The van der Waals surface area contributed by atoms with Crippen LogP contribution in [-0.4, -0.2) is 127 Å². The Kier molecular flexibility index (Phi) is 11.3. The minimum Gasteiger partial charge on any atom is -0.507 e. The number of ketones is 2. The molecule has 302 valence electrons. The molecule has 11 N–H and O–H groups in total. The number of methoxy groups -OCH3 is 1. The van der Waals surface area contributed by atoms with Gasteiger partial charge in [-0.05, 0) is 42.7 Å². The summed E-state index contributed by atoms with van der Waals surface area (Å²) in [5, 5.41) is 70.3. The number of nitrogen functional groups attached to an aromatic ring is 1. The number of aromatic hydroxyl groups is 1. The molecule has 6 atom stereocenters. The number of rotatable bonds is 12. The van der Waals surface area contributed by atoms with Gasteiger partial charge in [0.2, 0.25) is 12.1 Å². The van der Waals surface area contributed by atoms with Crippen molar-refractivity contribution in [3.63, 3.8) is 0 Å². The highest BCUT2D eigenvalue weighted by molar-refractivity contribution is 6.31. The Labute approximate surface area is 324 Å². The first-order valence-corrected chi connectivity index (χ1v) is 17.6. The highest BCUT2D eigenvalue weighted by atomic mass is 16.7. The van der Waals surface area contributed by atoms with E-state index in [1.807, 2.05) is 0 Å². The molecular weight excluding hydrogens is 748 g/mol. The highest BCUT2D eigenvalue weighted by Gasteiger charge is 2.56. The topological polar surface area (TPSA) is 310 Å². The van der Waals surface area contributed by atoms with Gasteiger partial charge in [0.05, 0.1) is 31.5 Å². The van der Waals surface area contributed by atoms with E-state index >= 15 is 0 Å². The number of aliphatic hydroxyl groups excluding tert-OH is 4. The number of aromatic nitrogens is 1. The lowest BCUT2D eigenvalue weighted by Crippen LogP contribution is -2.68. The van der Waals surface area contributed by atoms with Crippen molar-refractivity contribution in [2.75, 3.05) is 33.0 Å². The monoisotopic (exact) mass is 790 g/mol. The number of hydrogen-bond donors (Lipinski definition) is 9. The number of phenolic OH excluding ortho intramolecular Hbond substituents is 1. The van der Waals surface area contributed by atoms with E-state index in [1.165, 1.54) is 38.6 Å². The molecule has 1 aliphatic carbocycles. The minimum atomic E-state index is -2.47. The molecule has 6 unspecified atom stereocenters. The Bertz CT molecular complexity index is 2190. The third-order valence-electron chi connectivity index (χ3n) is 10.5. The zero-order valence-corrected chi connectivity index (χ0v) is 31.0. The molecule has 2 aromatic carbocycles. The molecule has 3 aliphatic rings. The van der Waals surface area contributed by atoms with Crippen molar-refractivity contribution in [2.24, 2.45) is 10.7 Å². The maximum Gasteiger partial charge on any atom is 0.253 e. The number of carbonyl (C=O) groups excluding carboxylic acids is 4. The highest BCUT2D eigenvalue weighted by Crippen LogP contribution is 2.46. The first-order chi connectivity index (χ1) is 27.1. The zero-order chi connectivity index (χ0) is 41.5. The van der Waals surface area contributed by atoms with Gasteiger partial charge in [-0.15, -0.1) is 0 Å². The number of benzene rings is 2. The summed E-state index contributed by atoms with van der Waals surface area (Å²) >= 11 is 0. The molecule has 0 saturated carbocycles. The van der Waals surface area contributed by atoms with Gasteiger partial charge in [0.15, 0.2) is 11.7 Å². The van der Waals surface area contributed by atoms with Crippen molar-refractivity contribution in [2.45, 2.75) is 62.6 Å². The van der Waals surface area contributed by atoms with Crippen LogP contribution in [0.3, 0.4) is 0 Å². The number of amides is 2. The van der Waals surface area contributed by atoms with Crippen LogP contribution in [0.2, 0.25) is 0 Å². The summed E-state index contributed by atoms with van der Waals surface area (Å²) in [6, 6.07) is 5.51. The molecule has 1 saturated heterocycles. The van der Waals surface area contributed by atoms with Crippen molar-refractivity contribution in [1.29, 1.82) is 0 Å². The molecule has 3 aromatic rings. The quantitative estimate of drug-likeness (QED) is 0.0454. The maximum atomic E-state index is 14.4. The van der Waals surface area contributed by atoms with Gasteiger partial charge in [-0.2, -0.15) is 0 Å². The van der Waals surface area contributed by atoms with Crippen LogP contribution in [-0.2, 0) is 27.5 Å². The number of anilines is 1. The average Bonchev–Trinajstić information content (AvgIpc) is 3.51. The summed E-state index contributed by atoms with van der Waals surface area (Å²) in [4.78, 5) is 62.3. The van der Waals surface area contributed by atoms with Gasteiger partial charge in [0.25, 0.3) is 11.8 Å². The molecule has 0 spiro atoms. The predicted molar refractivity (Wildman–Crippen MR) is 198 cm³/mol. The van der Waals surface area contributed by atoms with Gasteiger partial charge in [-0.3, -0.25) is 29.1 Å². The van der Waals surface area contributed by atoms with Crippen LogP contribution in [0.15, 0.2) is 47.6 Å². The Balaban J connectivity index is 1.37. The predicted octanol–water partition coefficient (Wildman–Crippen LogP) is -1.36. The van der Waals surface area contributed by atoms with E-state index in [2.05, 4.69) is 15.3 Å². The van der Waals surface area contributed by atoms with Crippen LogP contribution in [0.4, 0.5) is 5.82 Å². The van der Waals surface area contributed by atoms with E-state index in [4.69, 9.17) is 25.7 Å². The van der Waals surface area contributed by atoms with E-state index in [0.29, 0.717) is 11.1 Å². The number of phenols is 1. The Hall–Kier alpha value is -5.96. The number of hydrogen-bond acceptors (Lipinski definition) is 16. The third-order valence-corrected chi connectivity index (χ3v) is 10.5. The average molecular weight is 791 g/mol. The second-order valence-electron chi connectivity index (χ2n) is 13.8. The Morgan fingerprint density at radius 2 is 1.75 bits per heavy atom. The summed E-state index contributed by atoms with van der Waals surface area (Å²) < 4.78 is 17.3. The molecule has 19 heteroatoms. The van der Waals surface area contributed by atoms with Crippen molar-refractivity contribution >= 4 is 35.2 Å². The summed E-state index contributed by atoms with van der Waals surface area (Å²) in [6.45, 7) is -0.486. The first-order valence-electron chi connectivity index (χ1n) is 17.6. The summed E-state index contributed by atoms with van der Waals surface area (Å²) in [7, 11) is 2.68. The van der Waals surface area contributed by atoms with Crippen LogP contribution >= 0.6 is 0 Å². The number of imide groups is 1. The summed E-state index contributed by atoms with van der Waals surface area (Å²) in [6.07, 6.45) is -4.89. The number of guanidine groups is 1. The van der Waals surface area contributed by atoms with E-state index < -0.39 is 96.2 Å². The molecule has 2 amide bonds.